The van der Waals surface area contributed by atoms with Gasteiger partial charge in [0.05, 0.1) is 0 Å². The van der Waals surface area contributed by atoms with Crippen molar-refractivity contribution in [1.29, 1.82) is 0 Å². The first kappa shape index (κ1) is 20.9. The van der Waals surface area contributed by atoms with Crippen LogP contribution in [0, 0.1) is 5.92 Å². The van der Waals surface area contributed by atoms with Crippen LogP contribution >= 0.6 is 0 Å². The van der Waals surface area contributed by atoms with Crippen molar-refractivity contribution in [2.24, 2.45) is 5.92 Å². The molecule has 1 N–H and O–H groups in total. The molecule has 0 saturated carbocycles. The molecule has 1 aromatic rings. The van der Waals surface area contributed by atoms with Crippen LogP contribution in [0.3, 0.4) is 0 Å². The lowest BCUT2D eigenvalue weighted by Gasteiger charge is -2.13. The summed E-state index contributed by atoms with van der Waals surface area (Å²) in [5, 5.41) is 9.51. The van der Waals surface area contributed by atoms with Crippen molar-refractivity contribution in [2.75, 3.05) is 6.61 Å². The van der Waals surface area contributed by atoms with Crippen molar-refractivity contribution in [1.82, 2.24) is 0 Å². The zero-order chi connectivity index (χ0) is 17.5. The standard InChI is InChI=1S/C22H36O2/c1-2-3-4-5-6-9-14-20(19-23)15-10-7-13-18-22(24)21-16-11-8-12-17-21/h8,11-12,16-17,20,23H,2-7,9-10,13-15,18-19H2,1H3. The average molecular weight is 333 g/mol. The highest BCUT2D eigenvalue weighted by molar-refractivity contribution is 5.95. The number of aliphatic hydroxyl groups is 1. The second-order valence-corrected chi connectivity index (χ2v) is 6.99. The summed E-state index contributed by atoms with van der Waals surface area (Å²) in [5.41, 5.74) is 0.828. The van der Waals surface area contributed by atoms with Gasteiger partial charge in [-0.25, -0.2) is 0 Å². The van der Waals surface area contributed by atoms with Crippen LogP contribution in [-0.2, 0) is 0 Å². The third-order valence-electron chi connectivity index (χ3n) is 4.84. The fraction of sp³-hybridized carbons (Fsp3) is 0.682. The zero-order valence-electron chi connectivity index (χ0n) is 15.5. The molecule has 0 aliphatic heterocycles. The molecule has 136 valence electrons. The average Bonchev–Trinajstić information content (AvgIpc) is 2.63. The van der Waals surface area contributed by atoms with E-state index in [1.165, 1.54) is 38.5 Å². The lowest BCUT2D eigenvalue weighted by molar-refractivity contribution is 0.0978. The minimum Gasteiger partial charge on any atom is -0.396 e. The van der Waals surface area contributed by atoms with Gasteiger partial charge in [0.25, 0.3) is 0 Å². The van der Waals surface area contributed by atoms with Gasteiger partial charge in [-0.05, 0) is 25.2 Å². The number of Topliss-reactive ketones (excluding diaryl/α,β-unsaturated/α-hetero) is 1. The Hall–Kier alpha value is -1.15. The van der Waals surface area contributed by atoms with E-state index in [1.807, 2.05) is 30.3 Å². The smallest absolute Gasteiger partial charge is 0.162 e. The molecule has 2 nitrogen and oxygen atoms in total. The molecule has 0 radical (unpaired) electrons. The molecule has 0 aliphatic carbocycles. The van der Waals surface area contributed by atoms with Crippen LogP contribution in [0.25, 0.3) is 0 Å². The summed E-state index contributed by atoms with van der Waals surface area (Å²) >= 11 is 0. The molecule has 0 spiro atoms. The molecule has 0 heterocycles. The topological polar surface area (TPSA) is 37.3 Å². The normalized spacial score (nSPS) is 12.2. The molecule has 1 unspecified atom stereocenters. The first-order valence-electron chi connectivity index (χ1n) is 9.97. The van der Waals surface area contributed by atoms with Gasteiger partial charge in [0, 0.05) is 18.6 Å². The summed E-state index contributed by atoms with van der Waals surface area (Å²) in [6.07, 6.45) is 14.0. The van der Waals surface area contributed by atoms with Gasteiger partial charge in [0.15, 0.2) is 5.78 Å². The number of rotatable bonds is 15. The maximum atomic E-state index is 12.0. The Labute approximate surface area is 148 Å². The van der Waals surface area contributed by atoms with Crippen molar-refractivity contribution in [3.63, 3.8) is 0 Å². The van der Waals surface area contributed by atoms with Crippen molar-refractivity contribution >= 4 is 5.78 Å². The number of hydrogen-bond acceptors (Lipinski definition) is 2. The van der Waals surface area contributed by atoms with Crippen LogP contribution in [0.4, 0.5) is 0 Å². The molecular weight excluding hydrogens is 296 g/mol. The van der Waals surface area contributed by atoms with Gasteiger partial charge in [0.2, 0.25) is 0 Å². The van der Waals surface area contributed by atoms with Crippen molar-refractivity contribution in [2.45, 2.75) is 84.0 Å². The monoisotopic (exact) mass is 332 g/mol. The van der Waals surface area contributed by atoms with Gasteiger partial charge in [-0.15, -0.1) is 0 Å². The number of benzene rings is 1. The van der Waals surface area contributed by atoms with Gasteiger partial charge < -0.3 is 5.11 Å². The Kier molecular flexibility index (Phi) is 12.4. The van der Waals surface area contributed by atoms with E-state index in [-0.39, 0.29) is 5.78 Å². The van der Waals surface area contributed by atoms with Gasteiger partial charge in [-0.1, -0.05) is 88.6 Å². The maximum Gasteiger partial charge on any atom is 0.162 e. The first-order valence-corrected chi connectivity index (χ1v) is 9.97. The summed E-state index contributed by atoms with van der Waals surface area (Å²) in [4.78, 5) is 12.0. The van der Waals surface area contributed by atoms with Gasteiger partial charge in [-0.2, -0.15) is 0 Å². The maximum absolute atomic E-state index is 12.0. The highest BCUT2D eigenvalue weighted by Gasteiger charge is 2.08. The third kappa shape index (κ3) is 9.87. The summed E-state index contributed by atoms with van der Waals surface area (Å²) < 4.78 is 0. The highest BCUT2D eigenvalue weighted by atomic mass is 16.3. The molecule has 1 rings (SSSR count). The molecule has 0 fully saturated rings. The Morgan fingerprint density at radius 3 is 2.08 bits per heavy atom. The molecule has 0 amide bonds. The number of ketones is 1. The van der Waals surface area contributed by atoms with Gasteiger partial charge in [0.1, 0.15) is 0 Å². The molecule has 0 aromatic heterocycles. The highest BCUT2D eigenvalue weighted by Crippen LogP contribution is 2.18. The van der Waals surface area contributed by atoms with E-state index in [1.54, 1.807) is 0 Å². The minimum atomic E-state index is 0.251. The largest absolute Gasteiger partial charge is 0.396 e. The Morgan fingerprint density at radius 1 is 0.875 bits per heavy atom. The predicted molar refractivity (Wildman–Crippen MR) is 102 cm³/mol. The van der Waals surface area contributed by atoms with Crippen molar-refractivity contribution < 1.29 is 9.90 Å². The number of unbranched alkanes of at least 4 members (excludes halogenated alkanes) is 7. The van der Waals surface area contributed by atoms with Crippen LogP contribution in [-0.4, -0.2) is 17.5 Å². The van der Waals surface area contributed by atoms with Crippen molar-refractivity contribution in [3.05, 3.63) is 35.9 Å². The molecule has 1 aromatic carbocycles. The molecule has 1 atom stereocenters. The minimum absolute atomic E-state index is 0.251. The Bertz CT molecular complexity index is 413. The fourth-order valence-corrected chi connectivity index (χ4v) is 3.20. The van der Waals surface area contributed by atoms with Gasteiger partial charge >= 0.3 is 0 Å². The van der Waals surface area contributed by atoms with E-state index >= 15 is 0 Å². The van der Waals surface area contributed by atoms with E-state index in [9.17, 15) is 9.90 Å². The van der Waals surface area contributed by atoms with Crippen LogP contribution in [0.1, 0.15) is 94.3 Å². The SMILES string of the molecule is CCCCCCCCC(CO)CCCCCC(=O)c1ccccc1. The van der Waals surface area contributed by atoms with Crippen LogP contribution in [0.15, 0.2) is 30.3 Å². The summed E-state index contributed by atoms with van der Waals surface area (Å²) in [7, 11) is 0. The number of aliphatic hydroxyl groups excluding tert-OH is 1. The Balaban J connectivity index is 2.02. The van der Waals surface area contributed by atoms with E-state index in [2.05, 4.69) is 6.92 Å². The molecule has 0 saturated heterocycles. The summed E-state index contributed by atoms with van der Waals surface area (Å²) in [6, 6.07) is 9.56. The second kappa shape index (κ2) is 14.2. The zero-order valence-corrected chi connectivity index (χ0v) is 15.5. The second-order valence-electron chi connectivity index (χ2n) is 6.99. The first-order chi connectivity index (χ1) is 11.8. The fourth-order valence-electron chi connectivity index (χ4n) is 3.20. The van der Waals surface area contributed by atoms with Gasteiger partial charge in [-0.3, -0.25) is 4.79 Å². The summed E-state index contributed by atoms with van der Waals surface area (Å²) in [6.45, 7) is 2.56. The molecule has 2 heteroatoms. The molecular formula is C22H36O2. The van der Waals surface area contributed by atoms with Crippen LogP contribution < -0.4 is 0 Å². The number of carbonyl (C=O) groups excluding carboxylic acids is 1. The third-order valence-corrected chi connectivity index (χ3v) is 4.84. The van der Waals surface area contributed by atoms with E-state index in [0.29, 0.717) is 18.9 Å². The van der Waals surface area contributed by atoms with Crippen LogP contribution in [0.2, 0.25) is 0 Å². The van der Waals surface area contributed by atoms with E-state index in [0.717, 1.165) is 37.7 Å². The van der Waals surface area contributed by atoms with E-state index in [4.69, 9.17) is 0 Å². The van der Waals surface area contributed by atoms with E-state index < -0.39 is 0 Å². The Morgan fingerprint density at radius 2 is 1.46 bits per heavy atom. The van der Waals surface area contributed by atoms with Crippen LogP contribution in [0.5, 0.6) is 0 Å². The molecule has 24 heavy (non-hydrogen) atoms. The molecule has 0 aliphatic rings. The number of hydrogen-bond donors (Lipinski definition) is 1. The lowest BCUT2D eigenvalue weighted by atomic mass is 9.94. The number of carbonyl (C=O) groups is 1. The summed E-state index contributed by atoms with van der Waals surface area (Å²) in [5.74, 6) is 0.711. The predicted octanol–water partition coefficient (Wildman–Crippen LogP) is 6.18. The quantitative estimate of drug-likeness (QED) is 0.307. The lowest BCUT2D eigenvalue weighted by Crippen LogP contribution is -2.06. The van der Waals surface area contributed by atoms with Crippen molar-refractivity contribution in [3.8, 4) is 0 Å². The molecule has 0 bridgehead atoms.